The fourth-order valence-corrected chi connectivity index (χ4v) is 7.00. The van der Waals surface area contributed by atoms with E-state index in [1.54, 1.807) is 4.90 Å². The summed E-state index contributed by atoms with van der Waals surface area (Å²) in [6.07, 6.45) is -3.41. The quantitative estimate of drug-likeness (QED) is 0.0601. The predicted molar refractivity (Wildman–Crippen MR) is 212 cm³/mol. The summed E-state index contributed by atoms with van der Waals surface area (Å²) in [6, 6.07) is 14.3. The van der Waals surface area contributed by atoms with Gasteiger partial charge in [0.25, 0.3) is 0 Å². The van der Waals surface area contributed by atoms with Crippen LogP contribution in [0.3, 0.4) is 0 Å². The predicted octanol–water partition coefficient (Wildman–Crippen LogP) is 1.24. The molecule has 4 rings (SSSR count). The molecule has 328 valence electrons. The lowest BCUT2D eigenvalue weighted by atomic mass is 9.86. The minimum Gasteiger partial charge on any atom is -0.481 e. The number of aliphatic imine (C=N–C) groups is 1. The van der Waals surface area contributed by atoms with Crippen LogP contribution in [0.2, 0.25) is 0 Å². The van der Waals surface area contributed by atoms with Crippen molar-refractivity contribution in [2.45, 2.75) is 102 Å². The van der Waals surface area contributed by atoms with E-state index in [0.29, 0.717) is 25.7 Å². The number of aliphatic carboxylic acids is 2. The normalized spacial score (nSPS) is 19.4. The second-order valence-electron chi connectivity index (χ2n) is 15.0. The molecule has 2 aliphatic heterocycles. The number of guanidine groups is 1. The first-order valence-corrected chi connectivity index (χ1v) is 19.4. The van der Waals surface area contributed by atoms with Crippen molar-refractivity contribution >= 4 is 47.4 Å². The van der Waals surface area contributed by atoms with E-state index in [4.69, 9.17) is 21.4 Å². The molecule has 2 saturated heterocycles. The molecular formula is C40H53F3N8O9. The van der Waals surface area contributed by atoms with E-state index in [1.807, 2.05) is 74.5 Å². The maximum Gasteiger partial charge on any atom is 0.490 e. The van der Waals surface area contributed by atoms with Crippen LogP contribution in [0.1, 0.15) is 63.5 Å². The Kier molecular flexibility index (Phi) is 18.3. The van der Waals surface area contributed by atoms with E-state index in [0.717, 1.165) is 11.1 Å². The van der Waals surface area contributed by atoms with Crippen LogP contribution in [0.5, 0.6) is 0 Å². The standard InChI is InChI=1S/C38H52N8O7.C2HF3O2/c1-23(2)22-42-34(50)29(21-33(48)49)45-35(51)27(14-9-17-41-38(39)40)44-36(52)31-20-26(18-24-10-5-3-6-11-24)30-16-15-28(37(53)46(30)31)43-32(47)19-25-12-7-4-8-13-25;3-2(4,5)1(6)7/h3-8,10-13,23,26-31H,9,14-22H2,1-2H3,(H,42,50)(H,43,47)(H,44,52)(H,45,51)(H,48,49)(H4,39,40,41);(H,6,7)/t26-,27+,28?,29+,30+,31+;/m1./s1. The monoisotopic (exact) mass is 846 g/mol. The van der Waals surface area contributed by atoms with Gasteiger partial charge in [-0.05, 0) is 61.5 Å². The number of benzene rings is 2. The van der Waals surface area contributed by atoms with Crippen LogP contribution >= 0.6 is 0 Å². The number of carbonyl (C=O) groups excluding carboxylic acids is 5. The van der Waals surface area contributed by atoms with Crippen LogP contribution in [-0.2, 0) is 46.4 Å². The summed E-state index contributed by atoms with van der Waals surface area (Å²) in [4.78, 5) is 94.1. The Morgan fingerprint density at radius 1 is 0.883 bits per heavy atom. The van der Waals surface area contributed by atoms with E-state index >= 15 is 0 Å². The van der Waals surface area contributed by atoms with Gasteiger partial charge in [0.1, 0.15) is 24.2 Å². The minimum atomic E-state index is -5.08. The van der Waals surface area contributed by atoms with Crippen molar-refractivity contribution in [3.63, 3.8) is 0 Å². The number of amides is 5. The molecule has 2 aliphatic rings. The van der Waals surface area contributed by atoms with Crippen LogP contribution in [0.4, 0.5) is 13.2 Å². The molecule has 17 nitrogen and oxygen atoms in total. The number of carbonyl (C=O) groups is 7. The van der Waals surface area contributed by atoms with Gasteiger partial charge >= 0.3 is 18.1 Å². The first-order chi connectivity index (χ1) is 28.3. The highest BCUT2D eigenvalue weighted by molar-refractivity contribution is 5.97. The van der Waals surface area contributed by atoms with Crippen LogP contribution in [0, 0.1) is 11.8 Å². The van der Waals surface area contributed by atoms with E-state index < -0.39 is 66.4 Å². The molecule has 60 heavy (non-hydrogen) atoms. The van der Waals surface area contributed by atoms with Gasteiger partial charge in [-0.3, -0.25) is 33.8 Å². The summed E-state index contributed by atoms with van der Waals surface area (Å²) in [5, 5.41) is 27.5. The SMILES string of the molecule is CC(C)CNC(=O)[C@H](CC(=O)O)NC(=O)[C@H](CCCN=C(N)N)NC(=O)[C@@H]1C[C@@H](Cc2ccccc2)[C@@H]2CCC(NC(=O)Cc3ccccc3)C(=O)N12.O=C(O)C(F)(F)F. The number of piperidine rings is 1. The Morgan fingerprint density at radius 2 is 1.48 bits per heavy atom. The maximum absolute atomic E-state index is 14.2. The van der Waals surface area contributed by atoms with Gasteiger partial charge in [0.05, 0.1) is 12.8 Å². The molecule has 2 fully saturated rings. The molecule has 20 heteroatoms. The van der Waals surface area contributed by atoms with Crippen molar-refractivity contribution in [2.75, 3.05) is 13.1 Å². The molecule has 0 bridgehead atoms. The zero-order valence-corrected chi connectivity index (χ0v) is 33.3. The van der Waals surface area contributed by atoms with Crippen molar-refractivity contribution in [3.05, 3.63) is 71.8 Å². The molecule has 0 aliphatic carbocycles. The highest BCUT2D eigenvalue weighted by Crippen LogP contribution is 2.39. The molecule has 1 unspecified atom stereocenters. The van der Waals surface area contributed by atoms with Crippen molar-refractivity contribution in [3.8, 4) is 0 Å². The topological polar surface area (TPSA) is 276 Å². The van der Waals surface area contributed by atoms with Crippen molar-refractivity contribution in [1.82, 2.24) is 26.2 Å². The third-order valence-corrected chi connectivity index (χ3v) is 9.77. The lowest BCUT2D eigenvalue weighted by Gasteiger charge is -2.39. The number of alkyl halides is 3. The number of carboxylic acid groups (broad SMARTS) is 2. The summed E-state index contributed by atoms with van der Waals surface area (Å²) < 4.78 is 31.7. The zero-order valence-electron chi connectivity index (χ0n) is 33.3. The summed E-state index contributed by atoms with van der Waals surface area (Å²) in [5.41, 5.74) is 12.8. The van der Waals surface area contributed by atoms with Crippen molar-refractivity contribution in [1.29, 1.82) is 0 Å². The van der Waals surface area contributed by atoms with Crippen molar-refractivity contribution in [2.24, 2.45) is 28.3 Å². The summed E-state index contributed by atoms with van der Waals surface area (Å²) >= 11 is 0. The number of carboxylic acids is 2. The van der Waals surface area contributed by atoms with Gasteiger partial charge in [0, 0.05) is 19.1 Å². The number of nitrogens with zero attached hydrogens (tertiary/aromatic N) is 2. The Balaban J connectivity index is 0.00000126. The third-order valence-electron chi connectivity index (χ3n) is 9.77. The summed E-state index contributed by atoms with van der Waals surface area (Å²) in [7, 11) is 0. The Bertz CT molecular complexity index is 1830. The van der Waals surface area contributed by atoms with Gasteiger partial charge in [-0.25, -0.2) is 4.79 Å². The molecule has 2 heterocycles. The Morgan fingerprint density at radius 3 is 2.03 bits per heavy atom. The fraction of sp³-hybridized carbons (Fsp3) is 0.500. The van der Waals surface area contributed by atoms with Gasteiger partial charge < -0.3 is 47.8 Å². The number of halogens is 3. The zero-order chi connectivity index (χ0) is 44.6. The van der Waals surface area contributed by atoms with Gasteiger partial charge in [-0.1, -0.05) is 74.5 Å². The molecule has 0 saturated carbocycles. The number of nitrogens with two attached hydrogens (primary N) is 2. The fourth-order valence-electron chi connectivity index (χ4n) is 7.00. The van der Waals surface area contributed by atoms with Crippen molar-refractivity contribution < 1.29 is 56.9 Å². The van der Waals surface area contributed by atoms with Gasteiger partial charge in [-0.15, -0.1) is 0 Å². The van der Waals surface area contributed by atoms with E-state index in [-0.39, 0.29) is 68.0 Å². The molecule has 0 radical (unpaired) electrons. The smallest absolute Gasteiger partial charge is 0.481 e. The van der Waals surface area contributed by atoms with Gasteiger partial charge in [0.2, 0.25) is 29.5 Å². The van der Waals surface area contributed by atoms with Crippen LogP contribution < -0.4 is 32.7 Å². The molecular weight excluding hydrogens is 793 g/mol. The number of hydrogen-bond acceptors (Lipinski definition) is 8. The molecule has 0 aromatic heterocycles. The maximum atomic E-state index is 14.2. The molecule has 0 spiro atoms. The number of hydrogen-bond donors (Lipinski definition) is 8. The van der Waals surface area contributed by atoms with Crippen LogP contribution in [0.15, 0.2) is 65.7 Å². The first-order valence-electron chi connectivity index (χ1n) is 19.4. The van der Waals surface area contributed by atoms with Gasteiger partial charge in [0.15, 0.2) is 5.96 Å². The van der Waals surface area contributed by atoms with Crippen LogP contribution in [0.25, 0.3) is 0 Å². The minimum absolute atomic E-state index is 0.0530. The lowest BCUT2D eigenvalue weighted by molar-refractivity contribution is -0.192. The average molecular weight is 847 g/mol. The summed E-state index contributed by atoms with van der Waals surface area (Å²) in [5.74, 6) is -6.86. The number of rotatable bonds is 18. The highest BCUT2D eigenvalue weighted by Gasteiger charge is 2.51. The van der Waals surface area contributed by atoms with E-state index in [9.17, 15) is 47.0 Å². The Hall–Kier alpha value is -6.21. The largest absolute Gasteiger partial charge is 0.490 e. The van der Waals surface area contributed by atoms with E-state index in [1.165, 1.54) is 0 Å². The highest BCUT2D eigenvalue weighted by atomic mass is 19.4. The number of nitrogens with one attached hydrogen (secondary N) is 4. The second-order valence-corrected chi connectivity index (χ2v) is 15.0. The molecule has 6 atom stereocenters. The lowest BCUT2D eigenvalue weighted by Crippen LogP contribution is -2.61. The first kappa shape index (κ1) is 48.2. The molecule has 5 amide bonds. The molecule has 2 aromatic carbocycles. The van der Waals surface area contributed by atoms with Gasteiger partial charge in [-0.2, -0.15) is 13.2 Å². The number of fused-ring (bicyclic) bond motifs is 1. The second kappa shape index (κ2) is 22.8. The summed E-state index contributed by atoms with van der Waals surface area (Å²) in [6.45, 7) is 4.17. The van der Waals surface area contributed by atoms with E-state index in [2.05, 4.69) is 26.3 Å². The Labute approximate surface area is 344 Å². The average Bonchev–Trinajstić information content (AvgIpc) is 3.54. The molecule has 2 aromatic rings. The molecule has 10 N–H and O–H groups in total. The third kappa shape index (κ3) is 15.5. The van der Waals surface area contributed by atoms with Crippen LogP contribution in [-0.4, -0.2) is 112 Å².